The first kappa shape index (κ1) is 10.3. The molecular formula is C13H16N4O. The molecule has 2 atom stereocenters. The van der Waals surface area contributed by atoms with Gasteiger partial charge in [-0.3, -0.25) is 0 Å². The van der Waals surface area contributed by atoms with E-state index in [4.69, 9.17) is 0 Å². The van der Waals surface area contributed by atoms with Crippen molar-refractivity contribution in [2.75, 3.05) is 4.90 Å². The Balaban J connectivity index is 1.81. The number of aliphatic hydroxyl groups excluding tert-OH is 1. The fourth-order valence-corrected chi connectivity index (χ4v) is 3.54. The second-order valence-corrected chi connectivity index (χ2v) is 5.33. The van der Waals surface area contributed by atoms with Crippen molar-refractivity contribution < 1.29 is 5.11 Å². The van der Waals surface area contributed by atoms with Gasteiger partial charge in [-0.05, 0) is 31.7 Å². The van der Waals surface area contributed by atoms with Crippen LogP contribution in [0.25, 0.3) is 5.52 Å². The summed E-state index contributed by atoms with van der Waals surface area (Å²) in [5.74, 6) is 1.02. The molecule has 2 aromatic heterocycles. The van der Waals surface area contributed by atoms with Crippen molar-refractivity contribution in [2.24, 2.45) is 0 Å². The standard InChI is InChI=1S/C13H16N4O/c18-11-7-9-1-2-10(8-11)17(9)13-12-3-4-15-16(12)6-5-14-13/h3-6,9-11,18H,1-2,7-8H2. The zero-order valence-corrected chi connectivity index (χ0v) is 10.1. The van der Waals surface area contributed by atoms with Gasteiger partial charge in [0.05, 0.1) is 12.3 Å². The molecule has 0 spiro atoms. The minimum Gasteiger partial charge on any atom is -0.393 e. The average Bonchev–Trinajstić information content (AvgIpc) is 2.92. The quantitative estimate of drug-likeness (QED) is 0.819. The first-order valence-corrected chi connectivity index (χ1v) is 6.57. The monoisotopic (exact) mass is 244 g/mol. The van der Waals surface area contributed by atoms with Gasteiger partial charge in [-0.15, -0.1) is 0 Å². The van der Waals surface area contributed by atoms with Crippen molar-refractivity contribution in [3.63, 3.8) is 0 Å². The summed E-state index contributed by atoms with van der Waals surface area (Å²) in [4.78, 5) is 6.96. The Bertz CT molecular complexity index is 567. The first-order valence-electron chi connectivity index (χ1n) is 6.57. The molecule has 0 aliphatic carbocycles. The highest BCUT2D eigenvalue weighted by atomic mass is 16.3. The molecule has 18 heavy (non-hydrogen) atoms. The Morgan fingerprint density at radius 3 is 2.72 bits per heavy atom. The molecule has 4 heterocycles. The summed E-state index contributed by atoms with van der Waals surface area (Å²) in [6.45, 7) is 0. The number of fused-ring (bicyclic) bond motifs is 3. The molecule has 2 aliphatic rings. The number of aliphatic hydroxyl groups is 1. The van der Waals surface area contributed by atoms with E-state index in [-0.39, 0.29) is 6.10 Å². The third-order valence-electron chi connectivity index (χ3n) is 4.26. The van der Waals surface area contributed by atoms with Crippen LogP contribution in [0.5, 0.6) is 0 Å². The van der Waals surface area contributed by atoms with E-state index in [9.17, 15) is 5.11 Å². The normalized spacial score (nSPS) is 31.2. The Morgan fingerprint density at radius 1 is 1.17 bits per heavy atom. The molecule has 1 N–H and O–H groups in total. The fourth-order valence-electron chi connectivity index (χ4n) is 3.54. The van der Waals surface area contributed by atoms with Crippen LogP contribution in [0.15, 0.2) is 24.7 Å². The summed E-state index contributed by atoms with van der Waals surface area (Å²) in [5, 5.41) is 14.1. The van der Waals surface area contributed by atoms with Gasteiger partial charge < -0.3 is 10.0 Å². The van der Waals surface area contributed by atoms with E-state index in [2.05, 4.69) is 15.0 Å². The summed E-state index contributed by atoms with van der Waals surface area (Å²) < 4.78 is 1.87. The minimum absolute atomic E-state index is 0.136. The summed E-state index contributed by atoms with van der Waals surface area (Å²) in [6.07, 6.45) is 9.42. The van der Waals surface area contributed by atoms with Crippen LogP contribution in [0.2, 0.25) is 0 Å². The Kier molecular flexibility index (Phi) is 2.11. The average molecular weight is 244 g/mol. The maximum atomic E-state index is 9.86. The van der Waals surface area contributed by atoms with Crippen molar-refractivity contribution in [3.8, 4) is 0 Å². The maximum absolute atomic E-state index is 9.86. The first-order chi connectivity index (χ1) is 8.83. The maximum Gasteiger partial charge on any atom is 0.155 e. The molecule has 2 aromatic rings. The van der Waals surface area contributed by atoms with Crippen LogP contribution in [0.1, 0.15) is 25.7 Å². The van der Waals surface area contributed by atoms with Crippen molar-refractivity contribution >= 4 is 11.3 Å². The summed E-state index contributed by atoms with van der Waals surface area (Å²) in [7, 11) is 0. The third-order valence-corrected chi connectivity index (χ3v) is 4.26. The molecule has 2 aliphatic heterocycles. The van der Waals surface area contributed by atoms with E-state index in [0.717, 1.165) is 24.2 Å². The molecule has 4 rings (SSSR count). The van der Waals surface area contributed by atoms with Crippen LogP contribution < -0.4 is 4.90 Å². The lowest BCUT2D eigenvalue weighted by atomic mass is 10.00. The van der Waals surface area contributed by atoms with Gasteiger partial charge in [-0.2, -0.15) is 5.10 Å². The third kappa shape index (κ3) is 1.37. The van der Waals surface area contributed by atoms with Gasteiger partial charge in [0, 0.05) is 24.5 Å². The van der Waals surface area contributed by atoms with Gasteiger partial charge in [0.2, 0.25) is 0 Å². The molecule has 5 nitrogen and oxygen atoms in total. The summed E-state index contributed by atoms with van der Waals surface area (Å²) in [6, 6.07) is 2.88. The van der Waals surface area contributed by atoms with E-state index in [0.29, 0.717) is 12.1 Å². The lowest BCUT2D eigenvalue weighted by Crippen LogP contribution is -2.45. The topological polar surface area (TPSA) is 53.7 Å². The van der Waals surface area contributed by atoms with Crippen LogP contribution in [-0.2, 0) is 0 Å². The molecule has 2 bridgehead atoms. The molecule has 0 amide bonds. The van der Waals surface area contributed by atoms with Crippen LogP contribution in [0, 0.1) is 0 Å². The molecule has 0 radical (unpaired) electrons. The molecule has 0 saturated carbocycles. The molecule has 2 unspecified atom stereocenters. The zero-order chi connectivity index (χ0) is 12.1. The highest BCUT2D eigenvalue weighted by molar-refractivity contribution is 5.69. The Hall–Kier alpha value is -1.62. The molecule has 94 valence electrons. The van der Waals surface area contributed by atoms with Crippen LogP contribution in [0.3, 0.4) is 0 Å². The van der Waals surface area contributed by atoms with E-state index < -0.39 is 0 Å². The zero-order valence-electron chi connectivity index (χ0n) is 10.1. The SMILES string of the molecule is OC1CC2CCC(C1)N2c1nccn2nccc12. The molecule has 5 heteroatoms. The highest BCUT2D eigenvalue weighted by Gasteiger charge is 2.41. The molecule has 2 fully saturated rings. The second kappa shape index (κ2) is 3.68. The summed E-state index contributed by atoms with van der Waals surface area (Å²) in [5.41, 5.74) is 1.06. The number of hydrogen-bond donors (Lipinski definition) is 1. The van der Waals surface area contributed by atoms with Crippen LogP contribution in [-0.4, -0.2) is 37.9 Å². The van der Waals surface area contributed by atoms with E-state index in [1.165, 1.54) is 12.8 Å². The second-order valence-electron chi connectivity index (χ2n) is 5.33. The van der Waals surface area contributed by atoms with Gasteiger partial charge in [-0.1, -0.05) is 0 Å². The number of hydrogen-bond acceptors (Lipinski definition) is 4. The number of nitrogens with zero attached hydrogens (tertiary/aromatic N) is 4. The fraction of sp³-hybridized carbons (Fsp3) is 0.538. The lowest BCUT2D eigenvalue weighted by molar-refractivity contribution is 0.126. The van der Waals surface area contributed by atoms with Gasteiger partial charge in [-0.25, -0.2) is 9.50 Å². The highest BCUT2D eigenvalue weighted by Crippen LogP contribution is 2.39. The van der Waals surface area contributed by atoms with Crippen molar-refractivity contribution in [2.45, 2.75) is 43.9 Å². The van der Waals surface area contributed by atoms with Gasteiger partial charge in [0.15, 0.2) is 5.82 Å². The van der Waals surface area contributed by atoms with Crippen molar-refractivity contribution in [3.05, 3.63) is 24.7 Å². The van der Waals surface area contributed by atoms with Crippen LogP contribution in [0.4, 0.5) is 5.82 Å². The summed E-state index contributed by atoms with van der Waals surface area (Å²) >= 11 is 0. The van der Waals surface area contributed by atoms with E-state index in [1.807, 2.05) is 16.8 Å². The van der Waals surface area contributed by atoms with Crippen LogP contribution >= 0.6 is 0 Å². The minimum atomic E-state index is -0.136. The van der Waals surface area contributed by atoms with Crippen molar-refractivity contribution in [1.29, 1.82) is 0 Å². The number of piperidine rings is 1. The molecule has 2 saturated heterocycles. The predicted octanol–water partition coefficient (Wildman–Crippen LogP) is 1.22. The number of aromatic nitrogens is 3. The Labute approximate surface area is 105 Å². The smallest absolute Gasteiger partial charge is 0.155 e. The van der Waals surface area contributed by atoms with E-state index in [1.54, 1.807) is 12.4 Å². The van der Waals surface area contributed by atoms with Gasteiger partial charge in [0.1, 0.15) is 5.52 Å². The molecule has 0 aromatic carbocycles. The predicted molar refractivity (Wildman–Crippen MR) is 67.5 cm³/mol. The number of anilines is 1. The largest absolute Gasteiger partial charge is 0.393 e. The van der Waals surface area contributed by atoms with Crippen molar-refractivity contribution in [1.82, 2.24) is 14.6 Å². The molecular weight excluding hydrogens is 228 g/mol. The van der Waals surface area contributed by atoms with Gasteiger partial charge >= 0.3 is 0 Å². The Morgan fingerprint density at radius 2 is 1.94 bits per heavy atom. The number of rotatable bonds is 1. The van der Waals surface area contributed by atoms with E-state index >= 15 is 0 Å². The van der Waals surface area contributed by atoms with Gasteiger partial charge in [0.25, 0.3) is 0 Å². The lowest BCUT2D eigenvalue weighted by Gasteiger charge is -2.38.